The van der Waals surface area contributed by atoms with Crippen LogP contribution in [0.2, 0.25) is 0 Å². The highest BCUT2D eigenvalue weighted by Crippen LogP contribution is 2.26. The van der Waals surface area contributed by atoms with Crippen LogP contribution in [0.3, 0.4) is 0 Å². The van der Waals surface area contributed by atoms with Crippen LogP contribution in [0.25, 0.3) is 11.4 Å². The van der Waals surface area contributed by atoms with Gasteiger partial charge in [-0.05, 0) is 37.6 Å². The summed E-state index contributed by atoms with van der Waals surface area (Å²) in [7, 11) is 0. The van der Waals surface area contributed by atoms with E-state index in [0.717, 1.165) is 35.0 Å². The van der Waals surface area contributed by atoms with Gasteiger partial charge in [0.1, 0.15) is 10.8 Å². The van der Waals surface area contributed by atoms with Crippen molar-refractivity contribution in [3.63, 3.8) is 0 Å². The molecule has 2 aromatic heterocycles. The topological polar surface area (TPSA) is 94.8 Å². The molecule has 0 saturated heterocycles. The van der Waals surface area contributed by atoms with Crippen molar-refractivity contribution in [2.75, 3.05) is 17.7 Å². The maximum atomic E-state index is 12.2. The molecule has 0 aliphatic rings. The molecule has 0 saturated carbocycles. The lowest BCUT2D eigenvalue weighted by Gasteiger charge is -2.09. The fraction of sp³-hybridized carbons (Fsp3) is 0.350. The molecule has 10 heteroatoms. The summed E-state index contributed by atoms with van der Waals surface area (Å²) in [6.45, 7) is 9.04. The van der Waals surface area contributed by atoms with Crippen LogP contribution in [-0.4, -0.2) is 43.2 Å². The number of anilines is 1. The van der Waals surface area contributed by atoms with Crippen LogP contribution in [0.15, 0.2) is 42.1 Å². The number of aryl methyl sites for hydroxylation is 1. The van der Waals surface area contributed by atoms with Crippen molar-refractivity contribution in [1.82, 2.24) is 25.0 Å². The van der Waals surface area contributed by atoms with Crippen molar-refractivity contribution >= 4 is 34.1 Å². The number of hydrogen-bond acceptors (Lipinski definition) is 8. The summed E-state index contributed by atoms with van der Waals surface area (Å²) < 4.78 is 7.66. The minimum atomic E-state index is -0.167. The number of ether oxygens (including phenoxy) is 1. The summed E-state index contributed by atoms with van der Waals surface area (Å²) in [6.07, 6.45) is 3.91. The number of hydrogen-bond donors (Lipinski definition) is 1. The van der Waals surface area contributed by atoms with Gasteiger partial charge in [0.05, 0.1) is 12.4 Å². The highest BCUT2D eigenvalue weighted by molar-refractivity contribution is 7.99. The third-order valence-electron chi connectivity index (χ3n) is 4.01. The molecule has 0 spiro atoms. The molecule has 3 rings (SSSR count). The lowest BCUT2D eigenvalue weighted by atomic mass is 10.2. The monoisotopic (exact) mass is 444 g/mol. The van der Waals surface area contributed by atoms with E-state index in [1.54, 1.807) is 6.08 Å². The number of allylic oxidation sites excluding steroid dienone is 1. The smallest absolute Gasteiger partial charge is 0.236 e. The molecule has 1 N–H and O–H groups in total. The Morgan fingerprint density at radius 1 is 1.27 bits per heavy atom. The van der Waals surface area contributed by atoms with E-state index in [1.165, 1.54) is 23.1 Å². The average Bonchev–Trinajstić information content (AvgIpc) is 3.33. The fourth-order valence-electron chi connectivity index (χ4n) is 2.57. The van der Waals surface area contributed by atoms with Crippen molar-refractivity contribution in [3.8, 4) is 17.1 Å². The lowest BCUT2D eigenvalue weighted by molar-refractivity contribution is -0.113. The molecular formula is C20H24N6O2S2. The van der Waals surface area contributed by atoms with Gasteiger partial charge < -0.3 is 4.74 Å². The quantitative estimate of drug-likeness (QED) is 0.269. The summed E-state index contributed by atoms with van der Waals surface area (Å²) >= 11 is 2.65. The van der Waals surface area contributed by atoms with Crippen molar-refractivity contribution in [2.24, 2.45) is 0 Å². The minimum Gasteiger partial charge on any atom is -0.494 e. The Morgan fingerprint density at radius 2 is 2.07 bits per heavy atom. The summed E-state index contributed by atoms with van der Waals surface area (Å²) in [6, 6.07) is 7.79. The first-order valence-corrected chi connectivity index (χ1v) is 11.4. The summed E-state index contributed by atoms with van der Waals surface area (Å²) in [5.74, 6) is 1.58. The first kappa shape index (κ1) is 22.0. The highest BCUT2D eigenvalue weighted by Gasteiger charge is 2.16. The molecule has 1 aromatic carbocycles. The van der Waals surface area contributed by atoms with Gasteiger partial charge in [0.25, 0.3) is 0 Å². The van der Waals surface area contributed by atoms with Crippen LogP contribution < -0.4 is 10.1 Å². The van der Waals surface area contributed by atoms with E-state index < -0.39 is 0 Å². The van der Waals surface area contributed by atoms with E-state index in [9.17, 15) is 4.79 Å². The number of unbranched alkanes of at least 4 members (excludes halogenated alkanes) is 1. The predicted molar refractivity (Wildman–Crippen MR) is 120 cm³/mol. The second kappa shape index (κ2) is 10.9. The van der Waals surface area contributed by atoms with Crippen molar-refractivity contribution in [3.05, 3.63) is 41.9 Å². The predicted octanol–water partition coefficient (Wildman–Crippen LogP) is 4.20. The number of nitrogens with zero attached hydrogens (tertiary/aromatic N) is 5. The Labute approximate surface area is 183 Å². The van der Waals surface area contributed by atoms with Crippen LogP contribution in [0.5, 0.6) is 5.75 Å². The van der Waals surface area contributed by atoms with Gasteiger partial charge in [-0.15, -0.1) is 27.0 Å². The Morgan fingerprint density at radius 3 is 2.73 bits per heavy atom. The number of benzene rings is 1. The molecule has 0 fully saturated rings. The van der Waals surface area contributed by atoms with E-state index in [2.05, 4.69) is 39.2 Å². The summed E-state index contributed by atoms with van der Waals surface area (Å²) in [5.41, 5.74) is 0.924. The zero-order valence-corrected chi connectivity index (χ0v) is 18.6. The molecule has 1 amide bonds. The molecule has 158 valence electrons. The van der Waals surface area contributed by atoms with Crippen molar-refractivity contribution < 1.29 is 9.53 Å². The Balaban J connectivity index is 1.66. The van der Waals surface area contributed by atoms with Crippen molar-refractivity contribution in [2.45, 2.75) is 38.4 Å². The minimum absolute atomic E-state index is 0.167. The number of amides is 1. The van der Waals surface area contributed by atoms with Crippen LogP contribution in [-0.2, 0) is 11.3 Å². The summed E-state index contributed by atoms with van der Waals surface area (Å²) in [4.78, 5) is 12.2. The third kappa shape index (κ3) is 5.90. The van der Waals surface area contributed by atoms with Gasteiger partial charge in [0.15, 0.2) is 11.0 Å². The van der Waals surface area contributed by atoms with E-state index in [0.29, 0.717) is 23.4 Å². The largest absolute Gasteiger partial charge is 0.494 e. The van der Waals surface area contributed by atoms with E-state index >= 15 is 0 Å². The van der Waals surface area contributed by atoms with E-state index in [4.69, 9.17) is 4.74 Å². The highest BCUT2D eigenvalue weighted by atomic mass is 32.2. The van der Waals surface area contributed by atoms with Gasteiger partial charge in [0.2, 0.25) is 11.0 Å². The molecule has 0 bridgehead atoms. The second-order valence-electron chi connectivity index (χ2n) is 6.39. The molecular weight excluding hydrogens is 420 g/mol. The van der Waals surface area contributed by atoms with Gasteiger partial charge in [0, 0.05) is 12.1 Å². The second-order valence-corrected chi connectivity index (χ2v) is 8.52. The average molecular weight is 445 g/mol. The number of carbonyl (C=O) groups excluding carboxylic acids is 1. The number of thioether (sulfide) groups is 1. The molecule has 2 heterocycles. The number of aromatic nitrogens is 5. The third-order valence-corrected chi connectivity index (χ3v) is 5.73. The zero-order chi connectivity index (χ0) is 21.3. The maximum absolute atomic E-state index is 12.2. The van der Waals surface area contributed by atoms with E-state index in [-0.39, 0.29) is 11.7 Å². The number of nitrogens with one attached hydrogen (secondary N) is 1. The van der Waals surface area contributed by atoms with Gasteiger partial charge in [-0.2, -0.15) is 0 Å². The lowest BCUT2D eigenvalue weighted by Crippen LogP contribution is -2.14. The number of rotatable bonds is 11. The van der Waals surface area contributed by atoms with Crippen molar-refractivity contribution in [1.29, 1.82) is 0 Å². The maximum Gasteiger partial charge on any atom is 0.236 e. The van der Waals surface area contributed by atoms with Crippen LogP contribution in [0.1, 0.15) is 24.8 Å². The molecule has 0 radical (unpaired) electrons. The molecule has 0 unspecified atom stereocenters. The molecule has 3 aromatic rings. The zero-order valence-electron chi connectivity index (χ0n) is 17.0. The van der Waals surface area contributed by atoms with Gasteiger partial charge in [-0.25, -0.2) is 0 Å². The first-order valence-electron chi connectivity index (χ1n) is 9.60. The first-order chi connectivity index (χ1) is 14.6. The Hall–Kier alpha value is -2.72. The van der Waals surface area contributed by atoms with Gasteiger partial charge in [-0.3, -0.25) is 14.7 Å². The van der Waals surface area contributed by atoms with Gasteiger partial charge >= 0.3 is 0 Å². The molecule has 0 aliphatic carbocycles. The SMILES string of the molecule is C=CCn1c(SCC(=O)Nc2nnc(C)s2)nnc1-c1ccc(OCCCC)cc1. The van der Waals surface area contributed by atoms with E-state index in [1.807, 2.05) is 35.8 Å². The fourth-order valence-corrected chi connectivity index (χ4v) is 3.93. The molecule has 30 heavy (non-hydrogen) atoms. The Kier molecular flexibility index (Phi) is 7.97. The van der Waals surface area contributed by atoms with Crippen LogP contribution in [0.4, 0.5) is 5.13 Å². The molecule has 8 nitrogen and oxygen atoms in total. The van der Waals surface area contributed by atoms with Crippen LogP contribution in [0, 0.1) is 6.92 Å². The van der Waals surface area contributed by atoms with Crippen LogP contribution >= 0.6 is 23.1 Å². The van der Waals surface area contributed by atoms with Gasteiger partial charge in [-0.1, -0.05) is 42.5 Å². The normalized spacial score (nSPS) is 10.7. The number of carbonyl (C=O) groups is 1. The molecule has 0 aliphatic heterocycles. The Bertz CT molecular complexity index is 984. The summed E-state index contributed by atoms with van der Waals surface area (Å²) in [5, 5.41) is 21.1. The molecule has 0 atom stereocenters. The standard InChI is InChI=1S/C20H24N6O2S2/c1-4-6-12-28-16-9-7-15(8-10-16)18-23-25-20(26(18)11-5-2)29-13-17(27)21-19-24-22-14(3)30-19/h5,7-10H,2,4,6,11-13H2,1,3H3,(H,21,24,27).